The Morgan fingerprint density at radius 1 is 0.632 bits per heavy atom. The van der Waals surface area contributed by atoms with E-state index in [0.29, 0.717) is 18.2 Å². The number of hydrogen-bond donors (Lipinski definition) is 0. The molecule has 100 valence electrons. The van der Waals surface area contributed by atoms with Crippen molar-refractivity contribution in [3.8, 4) is 11.1 Å². The molecule has 0 aliphatic rings. The molecular weight excluding hydrogens is 270 g/mol. The van der Waals surface area contributed by atoms with Gasteiger partial charge in [0.1, 0.15) is 11.6 Å². The fourth-order valence-corrected chi connectivity index (χ4v) is 1.70. The minimum Gasteiger partial charge on any atom is -0.206 e. The van der Waals surface area contributed by atoms with Crippen LogP contribution in [-0.2, 0) is 0 Å². The van der Waals surface area contributed by atoms with Crippen LogP contribution in [0.1, 0.15) is 5.56 Å². The molecule has 0 saturated heterocycles. The Kier molecular flexibility index (Phi) is 3.26. The molecule has 0 aromatic heterocycles. The van der Waals surface area contributed by atoms with Gasteiger partial charge in [-0.15, -0.1) is 0 Å². The molecule has 0 bridgehead atoms. The summed E-state index contributed by atoms with van der Waals surface area (Å²) in [6, 6.07) is 1.55. The van der Waals surface area contributed by atoms with Crippen molar-refractivity contribution in [2.24, 2.45) is 0 Å². The average Bonchev–Trinajstić information content (AvgIpc) is 2.35. The molecule has 0 radical (unpaired) electrons. The summed E-state index contributed by atoms with van der Waals surface area (Å²) in [6.45, 7) is 1.09. The average molecular weight is 276 g/mol. The Bertz CT molecular complexity index is 663. The molecule has 0 unspecified atom stereocenters. The van der Waals surface area contributed by atoms with Crippen LogP contribution >= 0.6 is 0 Å². The van der Waals surface area contributed by atoms with Crippen molar-refractivity contribution in [1.82, 2.24) is 0 Å². The molecule has 0 aliphatic carbocycles. The highest BCUT2D eigenvalue weighted by atomic mass is 19.2. The Labute approximate surface area is 104 Å². The van der Waals surface area contributed by atoms with Gasteiger partial charge in [-0.1, -0.05) is 0 Å². The molecule has 19 heavy (non-hydrogen) atoms. The first kappa shape index (κ1) is 13.5. The molecule has 6 heteroatoms. The van der Waals surface area contributed by atoms with Gasteiger partial charge in [-0.05, 0) is 30.7 Å². The maximum atomic E-state index is 13.6. The van der Waals surface area contributed by atoms with Gasteiger partial charge in [0, 0.05) is 0 Å². The van der Waals surface area contributed by atoms with Gasteiger partial charge in [-0.3, -0.25) is 0 Å². The van der Waals surface area contributed by atoms with Gasteiger partial charge >= 0.3 is 0 Å². The van der Waals surface area contributed by atoms with Crippen LogP contribution in [0.4, 0.5) is 26.3 Å². The highest BCUT2D eigenvalue weighted by Crippen LogP contribution is 2.33. The molecule has 0 atom stereocenters. The van der Waals surface area contributed by atoms with Crippen LogP contribution in [0.25, 0.3) is 11.1 Å². The molecule has 2 aromatic carbocycles. The van der Waals surface area contributed by atoms with Crippen LogP contribution in [0.5, 0.6) is 0 Å². The van der Waals surface area contributed by atoms with Gasteiger partial charge in [0.25, 0.3) is 0 Å². The van der Waals surface area contributed by atoms with Gasteiger partial charge < -0.3 is 0 Å². The van der Waals surface area contributed by atoms with Crippen LogP contribution in [0.2, 0.25) is 0 Å². The summed E-state index contributed by atoms with van der Waals surface area (Å²) >= 11 is 0. The smallest absolute Gasteiger partial charge is 0.170 e. The summed E-state index contributed by atoms with van der Waals surface area (Å²) in [5, 5.41) is 0. The lowest BCUT2D eigenvalue weighted by Gasteiger charge is -2.10. The van der Waals surface area contributed by atoms with Gasteiger partial charge in [0.2, 0.25) is 0 Å². The van der Waals surface area contributed by atoms with E-state index in [4.69, 9.17) is 0 Å². The largest absolute Gasteiger partial charge is 0.206 e. The predicted molar refractivity (Wildman–Crippen MR) is 56.4 cm³/mol. The van der Waals surface area contributed by atoms with E-state index < -0.39 is 46.0 Å². The molecule has 0 spiro atoms. The van der Waals surface area contributed by atoms with E-state index in [0.717, 1.165) is 6.92 Å². The summed E-state index contributed by atoms with van der Waals surface area (Å²) < 4.78 is 80.5. The van der Waals surface area contributed by atoms with E-state index in [-0.39, 0.29) is 5.56 Å². The van der Waals surface area contributed by atoms with E-state index in [1.807, 2.05) is 0 Å². The fraction of sp³-hybridized carbons (Fsp3) is 0.0769. The first-order chi connectivity index (χ1) is 8.84. The van der Waals surface area contributed by atoms with Crippen molar-refractivity contribution in [3.05, 3.63) is 58.7 Å². The van der Waals surface area contributed by atoms with Crippen LogP contribution in [0.3, 0.4) is 0 Å². The summed E-state index contributed by atoms with van der Waals surface area (Å²) in [5.74, 6) is -9.24. The summed E-state index contributed by atoms with van der Waals surface area (Å²) in [6.07, 6.45) is 0. The third-order valence-electron chi connectivity index (χ3n) is 2.63. The monoisotopic (exact) mass is 276 g/mol. The maximum absolute atomic E-state index is 13.6. The van der Waals surface area contributed by atoms with E-state index in [1.165, 1.54) is 0 Å². The molecular formula is C13H6F6. The van der Waals surface area contributed by atoms with E-state index >= 15 is 0 Å². The van der Waals surface area contributed by atoms with E-state index in [1.54, 1.807) is 0 Å². The quantitative estimate of drug-likeness (QED) is 0.531. The van der Waals surface area contributed by atoms with Crippen molar-refractivity contribution >= 4 is 0 Å². The third kappa shape index (κ3) is 2.07. The van der Waals surface area contributed by atoms with Gasteiger partial charge in [-0.25, -0.2) is 26.3 Å². The second-order valence-electron chi connectivity index (χ2n) is 3.90. The molecule has 0 fully saturated rings. The molecule has 0 nitrogen and oxygen atoms in total. The van der Waals surface area contributed by atoms with Crippen molar-refractivity contribution in [2.75, 3.05) is 0 Å². The summed E-state index contributed by atoms with van der Waals surface area (Å²) in [4.78, 5) is 0. The van der Waals surface area contributed by atoms with Gasteiger partial charge in [0.15, 0.2) is 23.3 Å². The summed E-state index contributed by atoms with van der Waals surface area (Å²) in [5.41, 5.74) is -2.90. The van der Waals surface area contributed by atoms with Gasteiger partial charge in [0.05, 0.1) is 11.1 Å². The molecule has 2 rings (SSSR count). The highest BCUT2D eigenvalue weighted by molar-refractivity contribution is 5.67. The second-order valence-corrected chi connectivity index (χ2v) is 3.90. The first-order valence-electron chi connectivity index (χ1n) is 5.12. The van der Waals surface area contributed by atoms with E-state index in [9.17, 15) is 26.3 Å². The zero-order valence-corrected chi connectivity index (χ0v) is 9.50. The van der Waals surface area contributed by atoms with Crippen LogP contribution in [0.15, 0.2) is 18.2 Å². The lowest BCUT2D eigenvalue weighted by Crippen LogP contribution is -2.02. The highest BCUT2D eigenvalue weighted by Gasteiger charge is 2.25. The van der Waals surface area contributed by atoms with Gasteiger partial charge in [-0.2, -0.15) is 0 Å². The Balaban J connectivity index is 2.88. The third-order valence-corrected chi connectivity index (χ3v) is 2.63. The lowest BCUT2D eigenvalue weighted by molar-refractivity contribution is 0.480. The first-order valence-corrected chi connectivity index (χ1v) is 5.12. The van der Waals surface area contributed by atoms with Crippen molar-refractivity contribution in [1.29, 1.82) is 0 Å². The normalized spacial score (nSPS) is 10.9. The molecule has 0 aliphatic heterocycles. The maximum Gasteiger partial charge on any atom is 0.170 e. The van der Waals surface area contributed by atoms with Crippen molar-refractivity contribution < 1.29 is 26.3 Å². The molecule has 0 N–H and O–H groups in total. The molecule has 2 aromatic rings. The second kappa shape index (κ2) is 4.60. The number of hydrogen-bond acceptors (Lipinski definition) is 0. The number of rotatable bonds is 1. The minimum absolute atomic E-state index is 0.365. The SMILES string of the molecule is Cc1cc(F)c(-c2c(F)ccc(F)c2F)c(F)c1F. The Hall–Kier alpha value is -1.98. The molecule has 0 amide bonds. The van der Waals surface area contributed by atoms with Crippen LogP contribution < -0.4 is 0 Å². The number of benzene rings is 2. The molecule has 0 heterocycles. The van der Waals surface area contributed by atoms with Crippen LogP contribution in [-0.4, -0.2) is 0 Å². The fourth-order valence-electron chi connectivity index (χ4n) is 1.70. The van der Waals surface area contributed by atoms with Crippen LogP contribution in [0, 0.1) is 41.8 Å². The lowest BCUT2D eigenvalue weighted by atomic mass is 10.0. The Morgan fingerprint density at radius 2 is 1.16 bits per heavy atom. The van der Waals surface area contributed by atoms with E-state index in [2.05, 4.69) is 0 Å². The standard InChI is InChI=1S/C13H6F6/c1-5-4-8(16)10(13(19)11(5)17)9-6(14)2-3-7(15)12(9)18/h2-4H,1H3. The number of halogens is 6. The van der Waals surface area contributed by atoms with Crippen molar-refractivity contribution in [2.45, 2.75) is 6.92 Å². The zero-order chi connectivity index (χ0) is 14.3. The predicted octanol–water partition coefficient (Wildman–Crippen LogP) is 4.50. The summed E-state index contributed by atoms with van der Waals surface area (Å²) in [7, 11) is 0. The minimum atomic E-state index is -1.78. The Morgan fingerprint density at radius 3 is 1.79 bits per heavy atom. The topological polar surface area (TPSA) is 0 Å². The number of aryl methyl sites for hydroxylation is 1. The zero-order valence-electron chi connectivity index (χ0n) is 9.50. The van der Waals surface area contributed by atoms with Crippen molar-refractivity contribution in [3.63, 3.8) is 0 Å². The molecule has 0 saturated carbocycles.